The van der Waals surface area contributed by atoms with Crippen molar-refractivity contribution in [3.05, 3.63) is 101 Å². The van der Waals surface area contributed by atoms with Gasteiger partial charge in [0.15, 0.2) is 0 Å². The van der Waals surface area contributed by atoms with Crippen LogP contribution in [0.25, 0.3) is 11.3 Å². The van der Waals surface area contributed by atoms with Crippen LogP contribution in [-0.4, -0.2) is 36.0 Å². The number of carbonyl (C=O) groups is 1. The first-order chi connectivity index (χ1) is 20.3. The molecule has 0 saturated carbocycles. The Bertz CT molecular complexity index is 1690. The minimum absolute atomic E-state index is 0.00481. The number of hydrogen-bond donors (Lipinski definition) is 3. The topological polar surface area (TPSA) is 144 Å². The van der Waals surface area contributed by atoms with E-state index < -0.39 is 22.1 Å². The molecule has 1 atom stereocenters. The van der Waals surface area contributed by atoms with Crippen LogP contribution in [0.3, 0.4) is 0 Å². The lowest BCUT2D eigenvalue weighted by Gasteiger charge is -2.23. The van der Waals surface area contributed by atoms with Crippen molar-refractivity contribution in [2.24, 2.45) is 5.73 Å². The molecule has 0 amide bonds. The number of nitrogens with one attached hydrogen (secondary N) is 1. The molecule has 1 aromatic heterocycles. The number of ether oxygens (including phenoxy) is 1. The Morgan fingerprint density at radius 2 is 1.63 bits per heavy atom. The fourth-order valence-electron chi connectivity index (χ4n) is 4.79. The molecular formula is C33H38N4O5S. The lowest BCUT2D eigenvalue weighted by atomic mass is 9.86. The van der Waals surface area contributed by atoms with Crippen molar-refractivity contribution >= 4 is 21.9 Å². The Morgan fingerprint density at radius 3 is 2.23 bits per heavy atom. The van der Waals surface area contributed by atoms with Gasteiger partial charge in [-0.05, 0) is 79.1 Å². The monoisotopic (exact) mass is 602 g/mol. The fraction of sp³-hybridized carbons (Fsp3) is 0.303. The molecule has 9 nitrogen and oxygen atoms in total. The van der Waals surface area contributed by atoms with Crippen LogP contribution < -0.4 is 15.2 Å². The maximum Gasteiger partial charge on any atom is 0.335 e. The molecule has 0 spiro atoms. The van der Waals surface area contributed by atoms with E-state index in [9.17, 15) is 18.3 Å². The highest BCUT2D eigenvalue weighted by Gasteiger charge is 2.22. The first-order valence-electron chi connectivity index (χ1n) is 14.1. The third kappa shape index (κ3) is 7.77. The molecule has 0 radical (unpaired) electrons. The lowest BCUT2D eigenvalue weighted by molar-refractivity contribution is 0.0696. The van der Waals surface area contributed by atoms with E-state index in [2.05, 4.69) is 47.6 Å². The van der Waals surface area contributed by atoms with E-state index in [1.165, 1.54) is 23.8 Å². The summed E-state index contributed by atoms with van der Waals surface area (Å²) in [7, 11) is -4.23. The zero-order valence-electron chi connectivity index (χ0n) is 25.1. The van der Waals surface area contributed by atoms with Gasteiger partial charge in [-0.15, -0.1) is 0 Å². The highest BCUT2D eigenvalue weighted by molar-refractivity contribution is 7.92. The minimum Gasteiger partial charge on any atom is -0.478 e. The summed E-state index contributed by atoms with van der Waals surface area (Å²) in [6.07, 6.45) is 0.937. The zero-order valence-corrected chi connectivity index (χ0v) is 25.9. The Morgan fingerprint density at radius 1 is 0.977 bits per heavy atom. The van der Waals surface area contributed by atoms with Gasteiger partial charge in [0.25, 0.3) is 10.0 Å². The summed E-state index contributed by atoms with van der Waals surface area (Å²) in [4.78, 5) is 20.2. The zero-order chi connectivity index (χ0) is 31.4. The number of nitrogens with two attached hydrogens (primary N) is 1. The molecule has 0 aliphatic carbocycles. The number of aromatic carboxylic acids is 1. The van der Waals surface area contributed by atoms with Crippen LogP contribution in [0.2, 0.25) is 0 Å². The fourth-order valence-corrected chi connectivity index (χ4v) is 5.78. The molecule has 0 fully saturated rings. The van der Waals surface area contributed by atoms with Crippen LogP contribution in [0, 0.1) is 13.8 Å². The molecule has 4 aromatic rings. The highest BCUT2D eigenvalue weighted by atomic mass is 32.2. The number of rotatable bonds is 11. The first-order valence-corrected chi connectivity index (χ1v) is 15.6. The van der Waals surface area contributed by atoms with Gasteiger partial charge in [0, 0.05) is 11.6 Å². The van der Waals surface area contributed by atoms with Gasteiger partial charge in [0.05, 0.1) is 16.2 Å². The second-order valence-corrected chi connectivity index (χ2v) is 13.2. The predicted molar refractivity (Wildman–Crippen MR) is 168 cm³/mol. The van der Waals surface area contributed by atoms with E-state index in [0.717, 1.165) is 28.3 Å². The van der Waals surface area contributed by atoms with E-state index in [4.69, 9.17) is 10.5 Å². The number of aryl methyl sites for hydroxylation is 2. The molecule has 43 heavy (non-hydrogen) atoms. The summed E-state index contributed by atoms with van der Waals surface area (Å²) in [6, 6.07) is 20.9. The summed E-state index contributed by atoms with van der Waals surface area (Å²) >= 11 is 0. The molecule has 0 saturated heterocycles. The molecular weight excluding hydrogens is 564 g/mol. The predicted octanol–water partition coefficient (Wildman–Crippen LogP) is 6.42. The summed E-state index contributed by atoms with van der Waals surface area (Å²) in [5.41, 5.74) is 11.0. The van der Waals surface area contributed by atoms with Crippen molar-refractivity contribution < 1.29 is 23.1 Å². The first kappa shape index (κ1) is 31.7. The number of anilines is 1. The van der Waals surface area contributed by atoms with E-state index in [1.807, 2.05) is 44.2 Å². The van der Waals surface area contributed by atoms with Crippen molar-refractivity contribution in [1.29, 1.82) is 0 Å². The molecule has 4 rings (SSSR count). The lowest BCUT2D eigenvalue weighted by Crippen LogP contribution is -2.17. The number of hydrogen-bond acceptors (Lipinski definition) is 7. The van der Waals surface area contributed by atoms with Crippen LogP contribution in [0.15, 0.2) is 77.7 Å². The van der Waals surface area contributed by atoms with Crippen molar-refractivity contribution in [3.63, 3.8) is 0 Å². The van der Waals surface area contributed by atoms with Gasteiger partial charge in [-0.2, -0.15) is 4.98 Å². The Labute approximate surface area is 253 Å². The number of carboxylic acids is 1. The minimum atomic E-state index is -4.23. The molecule has 3 aromatic carbocycles. The van der Waals surface area contributed by atoms with Gasteiger partial charge >= 0.3 is 5.97 Å². The van der Waals surface area contributed by atoms with E-state index in [0.29, 0.717) is 25.1 Å². The van der Waals surface area contributed by atoms with Crippen molar-refractivity contribution in [2.45, 2.75) is 63.9 Å². The summed E-state index contributed by atoms with van der Waals surface area (Å²) in [5, 5.41) is 9.35. The number of carboxylic acid groups (broad SMARTS) is 1. The molecule has 4 N–H and O–H groups in total. The average Bonchev–Trinajstić information content (AvgIpc) is 2.94. The second-order valence-electron chi connectivity index (χ2n) is 11.5. The third-order valence-electron chi connectivity index (χ3n) is 7.14. The third-order valence-corrected chi connectivity index (χ3v) is 8.46. The van der Waals surface area contributed by atoms with E-state index in [-0.39, 0.29) is 27.7 Å². The Hall–Kier alpha value is -4.28. The highest BCUT2D eigenvalue weighted by Crippen LogP contribution is 2.33. The SMILES string of the molecule is Cc1cccc(C)c1-c1cc(OC(CCCN)c2ccc(C(C)(C)C)cc2)nc(NS(=O)(=O)c2cccc(C(=O)O)c2)n1. The summed E-state index contributed by atoms with van der Waals surface area (Å²) in [6.45, 7) is 10.8. The Balaban J connectivity index is 1.78. The smallest absolute Gasteiger partial charge is 0.335 e. The van der Waals surface area contributed by atoms with Crippen molar-refractivity contribution in [3.8, 4) is 17.1 Å². The second kappa shape index (κ2) is 12.9. The summed E-state index contributed by atoms with van der Waals surface area (Å²) < 4.78 is 35.5. The normalized spacial score (nSPS) is 12.5. The van der Waals surface area contributed by atoms with Gasteiger partial charge in [0.2, 0.25) is 11.8 Å². The van der Waals surface area contributed by atoms with Crippen LogP contribution >= 0.6 is 0 Å². The number of nitrogens with zero attached hydrogens (tertiary/aromatic N) is 2. The van der Waals surface area contributed by atoms with Crippen molar-refractivity contribution in [1.82, 2.24) is 9.97 Å². The number of benzene rings is 3. The van der Waals surface area contributed by atoms with Crippen LogP contribution in [-0.2, 0) is 15.4 Å². The van der Waals surface area contributed by atoms with Gasteiger partial charge in [-0.25, -0.2) is 22.9 Å². The van der Waals surface area contributed by atoms with Gasteiger partial charge in [-0.3, -0.25) is 0 Å². The van der Waals surface area contributed by atoms with Crippen molar-refractivity contribution in [2.75, 3.05) is 11.3 Å². The van der Waals surface area contributed by atoms with Gasteiger partial charge < -0.3 is 15.6 Å². The molecule has 10 heteroatoms. The number of sulfonamides is 1. The van der Waals surface area contributed by atoms with Gasteiger partial charge in [0.1, 0.15) is 6.10 Å². The molecule has 226 valence electrons. The molecule has 0 aliphatic heterocycles. The number of aromatic nitrogens is 2. The van der Waals surface area contributed by atoms with E-state index >= 15 is 0 Å². The molecule has 1 unspecified atom stereocenters. The van der Waals surface area contributed by atoms with Crippen LogP contribution in [0.5, 0.6) is 5.88 Å². The molecule has 1 heterocycles. The summed E-state index contributed by atoms with van der Waals surface area (Å²) in [5.74, 6) is -1.25. The maximum absolute atomic E-state index is 13.3. The molecule has 0 bridgehead atoms. The quantitative estimate of drug-likeness (QED) is 0.178. The van der Waals surface area contributed by atoms with Gasteiger partial charge in [-0.1, -0.05) is 69.3 Å². The van der Waals surface area contributed by atoms with Crippen LogP contribution in [0.4, 0.5) is 5.95 Å². The average molecular weight is 603 g/mol. The maximum atomic E-state index is 13.3. The largest absolute Gasteiger partial charge is 0.478 e. The van der Waals surface area contributed by atoms with Crippen LogP contribution in [0.1, 0.15) is 72.3 Å². The molecule has 0 aliphatic rings. The van der Waals surface area contributed by atoms with E-state index in [1.54, 1.807) is 6.07 Å². The Kier molecular flexibility index (Phi) is 9.52. The standard InChI is InChI=1S/C33H38N4O5S/c1-21-9-6-10-22(2)30(21)27-20-29(42-28(13-8-18-34)23-14-16-25(17-15-23)33(3,4)5)36-32(35-27)37-43(40,41)26-12-7-11-24(19-26)31(38)39/h6-7,9-12,14-17,19-20,28H,8,13,18,34H2,1-5H3,(H,38,39)(H,35,36,37).